The first kappa shape index (κ1) is 12.7. The van der Waals surface area contributed by atoms with Crippen molar-refractivity contribution >= 4 is 5.91 Å². The van der Waals surface area contributed by atoms with E-state index in [1.54, 1.807) is 14.2 Å². The third-order valence-corrected chi connectivity index (χ3v) is 3.20. The number of hydrogen-bond acceptors (Lipinski definition) is 3. The van der Waals surface area contributed by atoms with Crippen LogP contribution < -0.4 is 14.8 Å². The van der Waals surface area contributed by atoms with E-state index in [0.29, 0.717) is 6.54 Å². The van der Waals surface area contributed by atoms with Crippen molar-refractivity contribution in [2.24, 2.45) is 5.92 Å². The molecule has 1 aromatic carbocycles. The Labute approximate surface area is 107 Å². The number of benzene rings is 1. The molecule has 18 heavy (non-hydrogen) atoms. The lowest BCUT2D eigenvalue weighted by molar-refractivity contribution is -0.122. The van der Waals surface area contributed by atoms with Crippen molar-refractivity contribution in [1.82, 2.24) is 5.32 Å². The maximum Gasteiger partial charge on any atom is 0.223 e. The summed E-state index contributed by atoms with van der Waals surface area (Å²) in [5.41, 5.74) is 1.96. The van der Waals surface area contributed by atoms with Crippen molar-refractivity contribution in [3.63, 3.8) is 0 Å². The molecule has 1 aromatic rings. The van der Waals surface area contributed by atoms with Crippen LogP contribution in [0.5, 0.6) is 11.5 Å². The van der Waals surface area contributed by atoms with Crippen LogP contribution in [0.15, 0.2) is 12.1 Å². The molecule has 1 N–H and O–H groups in total. The Morgan fingerprint density at radius 2 is 1.94 bits per heavy atom. The molecule has 0 radical (unpaired) electrons. The molecule has 0 bridgehead atoms. The Balaban J connectivity index is 2.11. The standard InChI is InChI=1S/C14H19NO3/c1-9-6-13(18-3)11(7-12(9)17-2)8-15-14(16)10-4-5-10/h6-7,10H,4-5,8H2,1-3H3,(H,15,16). The number of ether oxygens (including phenoxy) is 2. The molecule has 4 nitrogen and oxygen atoms in total. The molecule has 0 aliphatic heterocycles. The van der Waals surface area contributed by atoms with E-state index in [-0.39, 0.29) is 11.8 Å². The van der Waals surface area contributed by atoms with E-state index in [1.807, 2.05) is 19.1 Å². The van der Waals surface area contributed by atoms with Gasteiger partial charge in [0.15, 0.2) is 0 Å². The van der Waals surface area contributed by atoms with Gasteiger partial charge in [0.1, 0.15) is 11.5 Å². The molecular formula is C14H19NO3. The second kappa shape index (κ2) is 5.29. The minimum Gasteiger partial charge on any atom is -0.496 e. The summed E-state index contributed by atoms with van der Waals surface area (Å²) >= 11 is 0. The highest BCUT2D eigenvalue weighted by Gasteiger charge is 2.29. The van der Waals surface area contributed by atoms with E-state index in [4.69, 9.17) is 9.47 Å². The fourth-order valence-electron chi connectivity index (χ4n) is 1.92. The van der Waals surface area contributed by atoms with Gasteiger partial charge in [-0.25, -0.2) is 0 Å². The van der Waals surface area contributed by atoms with E-state index >= 15 is 0 Å². The number of aryl methyl sites for hydroxylation is 1. The summed E-state index contributed by atoms with van der Waals surface area (Å²) < 4.78 is 10.6. The summed E-state index contributed by atoms with van der Waals surface area (Å²) in [6, 6.07) is 3.85. The zero-order valence-electron chi connectivity index (χ0n) is 11.1. The van der Waals surface area contributed by atoms with Crippen LogP contribution in [-0.2, 0) is 11.3 Å². The second-order valence-corrected chi connectivity index (χ2v) is 4.63. The highest BCUT2D eigenvalue weighted by molar-refractivity contribution is 5.80. The van der Waals surface area contributed by atoms with E-state index in [9.17, 15) is 4.79 Å². The SMILES string of the molecule is COc1cc(CNC(=O)C2CC2)c(OC)cc1C. The number of rotatable bonds is 5. The molecule has 98 valence electrons. The zero-order chi connectivity index (χ0) is 13.1. The summed E-state index contributed by atoms with van der Waals surface area (Å²) in [4.78, 5) is 11.6. The molecule has 4 heteroatoms. The molecule has 1 fully saturated rings. The van der Waals surface area contributed by atoms with Crippen molar-refractivity contribution in [3.05, 3.63) is 23.3 Å². The molecule has 1 aliphatic rings. The van der Waals surface area contributed by atoms with Crippen molar-refractivity contribution in [2.75, 3.05) is 14.2 Å². The number of hydrogen-bond donors (Lipinski definition) is 1. The first-order valence-electron chi connectivity index (χ1n) is 6.15. The first-order chi connectivity index (χ1) is 8.65. The molecule has 1 aliphatic carbocycles. The van der Waals surface area contributed by atoms with Crippen molar-refractivity contribution in [2.45, 2.75) is 26.3 Å². The zero-order valence-corrected chi connectivity index (χ0v) is 11.1. The number of amides is 1. The Kier molecular flexibility index (Phi) is 3.75. The monoisotopic (exact) mass is 249 g/mol. The van der Waals surface area contributed by atoms with Gasteiger partial charge in [-0.15, -0.1) is 0 Å². The summed E-state index contributed by atoms with van der Waals surface area (Å²) in [6.45, 7) is 2.45. The lowest BCUT2D eigenvalue weighted by atomic mass is 10.1. The minimum absolute atomic E-state index is 0.136. The lowest BCUT2D eigenvalue weighted by Gasteiger charge is -2.13. The summed E-state index contributed by atoms with van der Waals surface area (Å²) in [6.07, 6.45) is 2.03. The fraction of sp³-hybridized carbons (Fsp3) is 0.500. The van der Waals surface area contributed by atoms with Crippen LogP contribution in [0.3, 0.4) is 0 Å². The van der Waals surface area contributed by atoms with Crippen LogP contribution in [0.1, 0.15) is 24.0 Å². The van der Waals surface area contributed by atoms with Crippen molar-refractivity contribution < 1.29 is 14.3 Å². The van der Waals surface area contributed by atoms with Gasteiger partial charge in [-0.1, -0.05) is 0 Å². The van der Waals surface area contributed by atoms with Gasteiger partial charge in [-0.3, -0.25) is 4.79 Å². The largest absolute Gasteiger partial charge is 0.496 e. The van der Waals surface area contributed by atoms with Gasteiger partial charge in [0, 0.05) is 18.0 Å². The smallest absolute Gasteiger partial charge is 0.223 e. The summed E-state index contributed by atoms with van der Waals surface area (Å²) in [7, 11) is 3.27. The average Bonchev–Trinajstić information content (AvgIpc) is 3.20. The highest BCUT2D eigenvalue weighted by atomic mass is 16.5. The maximum absolute atomic E-state index is 11.6. The Morgan fingerprint density at radius 1 is 1.28 bits per heavy atom. The van der Waals surface area contributed by atoms with Gasteiger partial charge in [-0.2, -0.15) is 0 Å². The lowest BCUT2D eigenvalue weighted by Crippen LogP contribution is -2.24. The highest BCUT2D eigenvalue weighted by Crippen LogP contribution is 2.30. The molecule has 1 amide bonds. The van der Waals surface area contributed by atoms with Crippen molar-refractivity contribution in [1.29, 1.82) is 0 Å². The summed E-state index contributed by atoms with van der Waals surface area (Å²) in [5.74, 6) is 1.95. The van der Waals surface area contributed by atoms with E-state index < -0.39 is 0 Å². The van der Waals surface area contributed by atoms with Gasteiger partial charge in [0.05, 0.1) is 14.2 Å². The minimum atomic E-state index is 0.136. The number of carbonyl (C=O) groups is 1. The van der Waals surface area contributed by atoms with Gasteiger partial charge < -0.3 is 14.8 Å². The van der Waals surface area contributed by atoms with Gasteiger partial charge in [0.25, 0.3) is 0 Å². The Hall–Kier alpha value is -1.71. The molecule has 0 atom stereocenters. The third-order valence-electron chi connectivity index (χ3n) is 3.20. The van der Waals surface area contributed by atoms with Crippen LogP contribution in [0.2, 0.25) is 0 Å². The molecule has 0 heterocycles. The average molecular weight is 249 g/mol. The maximum atomic E-state index is 11.6. The van der Waals surface area contributed by atoms with Gasteiger partial charge in [-0.05, 0) is 37.5 Å². The molecule has 2 rings (SSSR count). The van der Waals surface area contributed by atoms with Gasteiger partial charge in [0.2, 0.25) is 5.91 Å². The molecule has 0 spiro atoms. The summed E-state index contributed by atoms with van der Waals surface area (Å²) in [5, 5.41) is 2.93. The van der Waals surface area contributed by atoms with Crippen molar-refractivity contribution in [3.8, 4) is 11.5 Å². The predicted octanol–water partition coefficient (Wildman–Crippen LogP) is 2.04. The fourth-order valence-corrected chi connectivity index (χ4v) is 1.92. The van der Waals surface area contributed by atoms with E-state index in [2.05, 4.69) is 5.32 Å². The van der Waals surface area contributed by atoms with Gasteiger partial charge >= 0.3 is 0 Å². The molecule has 0 aromatic heterocycles. The Morgan fingerprint density at radius 3 is 2.50 bits per heavy atom. The molecule has 1 saturated carbocycles. The molecule has 0 unspecified atom stereocenters. The second-order valence-electron chi connectivity index (χ2n) is 4.63. The first-order valence-corrected chi connectivity index (χ1v) is 6.15. The number of methoxy groups -OCH3 is 2. The quantitative estimate of drug-likeness (QED) is 0.868. The van der Waals surface area contributed by atoms with Crippen LogP contribution in [-0.4, -0.2) is 20.1 Å². The van der Waals surface area contributed by atoms with Crippen LogP contribution >= 0.6 is 0 Å². The van der Waals surface area contributed by atoms with E-state index in [0.717, 1.165) is 35.5 Å². The number of nitrogens with one attached hydrogen (secondary N) is 1. The van der Waals surface area contributed by atoms with E-state index in [1.165, 1.54) is 0 Å². The van der Waals surface area contributed by atoms with Crippen LogP contribution in [0, 0.1) is 12.8 Å². The predicted molar refractivity (Wildman–Crippen MR) is 68.9 cm³/mol. The van der Waals surface area contributed by atoms with Crippen LogP contribution in [0.4, 0.5) is 0 Å². The molecule has 0 saturated heterocycles. The third kappa shape index (κ3) is 2.75. The number of carbonyl (C=O) groups excluding carboxylic acids is 1. The Bertz CT molecular complexity index is 453. The van der Waals surface area contributed by atoms with Crippen LogP contribution in [0.25, 0.3) is 0 Å². The molecular weight excluding hydrogens is 230 g/mol. The topological polar surface area (TPSA) is 47.6 Å². The normalized spacial score (nSPS) is 14.2.